The molecule has 1 rings (SSSR count). The summed E-state index contributed by atoms with van der Waals surface area (Å²) in [5.74, 6) is 0. The monoisotopic (exact) mass is 122 g/mol. The maximum Gasteiger partial charge on any atom is 0 e. The first kappa shape index (κ1) is 6.56. The minimum absolute atomic E-state index is 1.71. The SMILES string of the molecule is FF.c1ccsc1. The quantitative estimate of drug-likeness (QED) is 0.496. The first-order valence-electron chi connectivity index (χ1n) is 1.61. The number of rotatable bonds is 0. The lowest BCUT2D eigenvalue weighted by Crippen LogP contribution is -1.16. The van der Waals surface area contributed by atoms with Gasteiger partial charge in [0.1, 0.15) is 0 Å². The smallest absolute Gasteiger partial charge is 0 e. The third kappa shape index (κ3) is 3.39. The Balaban J connectivity index is 0.000000162. The maximum absolute atomic E-state index is 8.00. The molecule has 0 bridgehead atoms. The van der Waals surface area contributed by atoms with Crippen LogP contribution >= 0.6 is 11.3 Å². The van der Waals surface area contributed by atoms with E-state index in [0.717, 1.165) is 0 Å². The van der Waals surface area contributed by atoms with Gasteiger partial charge in [0, 0.05) is 9.15 Å². The lowest BCUT2D eigenvalue weighted by atomic mass is 10.7. The van der Waals surface area contributed by atoms with Crippen molar-refractivity contribution in [2.75, 3.05) is 0 Å². The van der Waals surface area contributed by atoms with Crippen LogP contribution in [0.25, 0.3) is 0 Å². The number of hydrogen-bond acceptors (Lipinski definition) is 1. The van der Waals surface area contributed by atoms with Crippen LogP contribution in [0.3, 0.4) is 0 Å². The van der Waals surface area contributed by atoms with E-state index in [1.54, 1.807) is 11.3 Å². The predicted molar refractivity (Wildman–Crippen MR) is 26.5 cm³/mol. The molecule has 0 fully saturated rings. The van der Waals surface area contributed by atoms with E-state index in [9.17, 15) is 0 Å². The van der Waals surface area contributed by atoms with E-state index in [1.807, 2.05) is 22.9 Å². The zero-order valence-corrected chi connectivity index (χ0v) is 4.29. The van der Waals surface area contributed by atoms with Crippen LogP contribution in [0.1, 0.15) is 0 Å². The molecule has 0 aromatic carbocycles. The predicted octanol–water partition coefficient (Wildman–Crippen LogP) is 2.59. The lowest BCUT2D eigenvalue weighted by Gasteiger charge is -1.39. The summed E-state index contributed by atoms with van der Waals surface area (Å²) in [6.45, 7) is 0. The maximum atomic E-state index is 8.00. The van der Waals surface area contributed by atoms with Gasteiger partial charge in [-0.1, -0.05) is 12.1 Å². The van der Waals surface area contributed by atoms with Crippen molar-refractivity contribution in [1.82, 2.24) is 0 Å². The van der Waals surface area contributed by atoms with Crippen LogP contribution in [0.5, 0.6) is 0 Å². The van der Waals surface area contributed by atoms with Gasteiger partial charge >= 0.3 is 0 Å². The van der Waals surface area contributed by atoms with Crippen molar-refractivity contribution >= 4 is 11.3 Å². The number of halogens is 2. The summed E-state index contributed by atoms with van der Waals surface area (Å²) in [5, 5.41) is 4.08. The normalized spacial score (nSPS) is 6.57. The third-order valence-corrected chi connectivity index (χ3v) is 1.05. The zero-order chi connectivity index (χ0) is 5.54. The van der Waals surface area contributed by atoms with Crippen LogP contribution in [0.4, 0.5) is 9.15 Å². The molecule has 0 saturated heterocycles. The van der Waals surface area contributed by atoms with Crippen molar-refractivity contribution in [3.05, 3.63) is 22.9 Å². The standard InChI is InChI=1S/C4H4S.F2/c1-2-4-5-3-1;1-2/h1-4H;. The van der Waals surface area contributed by atoms with E-state index in [1.165, 1.54) is 0 Å². The van der Waals surface area contributed by atoms with Crippen LogP contribution in [0, 0.1) is 0 Å². The van der Waals surface area contributed by atoms with Crippen LogP contribution < -0.4 is 0 Å². The zero-order valence-electron chi connectivity index (χ0n) is 3.47. The molecule has 3 heteroatoms. The minimum atomic E-state index is 1.71. The molecule has 0 N–H and O–H groups in total. The van der Waals surface area contributed by atoms with Crippen LogP contribution in [-0.4, -0.2) is 0 Å². The fourth-order valence-corrected chi connectivity index (χ4v) is 0.680. The molecule has 0 nitrogen and oxygen atoms in total. The Labute approximate surface area is 44.3 Å². The largest absolute Gasteiger partial charge is 0.152 e. The van der Waals surface area contributed by atoms with Crippen molar-refractivity contribution in [1.29, 1.82) is 0 Å². The van der Waals surface area contributed by atoms with Gasteiger partial charge in [-0.15, -0.1) is 0 Å². The molecule has 0 aliphatic carbocycles. The van der Waals surface area contributed by atoms with E-state index >= 15 is 0 Å². The molecular weight excluding hydrogens is 118 g/mol. The molecule has 0 aliphatic rings. The second-order valence-electron chi connectivity index (χ2n) is 0.793. The summed E-state index contributed by atoms with van der Waals surface area (Å²) in [6.07, 6.45) is 0. The molecule has 1 aromatic rings. The van der Waals surface area contributed by atoms with E-state index in [4.69, 9.17) is 9.15 Å². The third-order valence-electron chi connectivity index (χ3n) is 0.425. The van der Waals surface area contributed by atoms with Crippen LogP contribution in [0.15, 0.2) is 22.9 Å². The van der Waals surface area contributed by atoms with Gasteiger partial charge in [0.15, 0.2) is 0 Å². The molecule has 0 atom stereocenters. The van der Waals surface area contributed by atoms with Gasteiger partial charge in [0.25, 0.3) is 0 Å². The van der Waals surface area contributed by atoms with Crippen molar-refractivity contribution in [2.45, 2.75) is 0 Å². The molecule has 0 aliphatic heterocycles. The summed E-state index contributed by atoms with van der Waals surface area (Å²) in [6, 6.07) is 4.04. The highest BCUT2D eigenvalue weighted by atomic mass is 32.1. The van der Waals surface area contributed by atoms with Gasteiger partial charge in [-0.05, 0) is 10.8 Å². The summed E-state index contributed by atoms with van der Waals surface area (Å²) in [4.78, 5) is 0. The summed E-state index contributed by atoms with van der Waals surface area (Å²) in [5.41, 5.74) is 0. The van der Waals surface area contributed by atoms with E-state index in [-0.39, 0.29) is 0 Å². The molecule has 40 valence electrons. The molecular formula is C4H4F2S. The molecule has 1 aromatic heterocycles. The molecule has 0 spiro atoms. The van der Waals surface area contributed by atoms with E-state index < -0.39 is 0 Å². The summed E-state index contributed by atoms with van der Waals surface area (Å²) in [7, 11) is 0. The molecule has 0 radical (unpaired) electrons. The highest BCUT2D eigenvalue weighted by molar-refractivity contribution is 7.07. The molecule has 1 heterocycles. The Hall–Kier alpha value is -0.440. The van der Waals surface area contributed by atoms with Crippen molar-refractivity contribution in [3.8, 4) is 0 Å². The second kappa shape index (κ2) is 5.56. The van der Waals surface area contributed by atoms with Gasteiger partial charge in [0.2, 0.25) is 0 Å². The first-order chi connectivity index (χ1) is 3.50. The van der Waals surface area contributed by atoms with Gasteiger partial charge < -0.3 is 0 Å². The minimum Gasteiger partial charge on any atom is -0.152 e. The number of hydrogen-bond donors (Lipinski definition) is 0. The highest BCUT2D eigenvalue weighted by Crippen LogP contribution is 1.91. The molecule has 7 heavy (non-hydrogen) atoms. The fraction of sp³-hybridized carbons (Fsp3) is 0. The molecule has 0 unspecified atom stereocenters. The van der Waals surface area contributed by atoms with Gasteiger partial charge in [-0.2, -0.15) is 11.3 Å². The lowest BCUT2D eigenvalue weighted by molar-refractivity contribution is 0.108. The van der Waals surface area contributed by atoms with Crippen LogP contribution in [0.2, 0.25) is 0 Å². The van der Waals surface area contributed by atoms with Crippen molar-refractivity contribution in [3.63, 3.8) is 0 Å². The summed E-state index contributed by atoms with van der Waals surface area (Å²) >= 11 is 1.71. The van der Waals surface area contributed by atoms with E-state index in [2.05, 4.69) is 0 Å². The topological polar surface area (TPSA) is 0 Å². The van der Waals surface area contributed by atoms with Gasteiger partial charge in [-0.3, -0.25) is 0 Å². The van der Waals surface area contributed by atoms with Crippen molar-refractivity contribution in [2.24, 2.45) is 0 Å². The average Bonchev–Trinajstić information content (AvgIpc) is 2.23. The average molecular weight is 122 g/mol. The Morgan fingerprint density at radius 2 is 1.43 bits per heavy atom. The Kier molecular flexibility index (Phi) is 5.21. The molecule has 0 amide bonds. The summed E-state index contributed by atoms with van der Waals surface area (Å²) < 4.78 is 16.0. The Morgan fingerprint density at radius 1 is 1.00 bits per heavy atom. The second-order valence-corrected chi connectivity index (χ2v) is 1.61. The molecule has 0 saturated carbocycles. The van der Waals surface area contributed by atoms with Gasteiger partial charge in [0.05, 0.1) is 0 Å². The Morgan fingerprint density at radius 3 is 1.57 bits per heavy atom. The van der Waals surface area contributed by atoms with Crippen LogP contribution in [-0.2, 0) is 0 Å². The highest BCUT2D eigenvalue weighted by Gasteiger charge is 1.58. The van der Waals surface area contributed by atoms with E-state index in [0.29, 0.717) is 0 Å². The fourth-order valence-electron chi connectivity index (χ4n) is 0.227. The number of thiophene rings is 1. The van der Waals surface area contributed by atoms with Crippen molar-refractivity contribution < 1.29 is 9.15 Å². The Bertz CT molecular complexity index is 66.2. The van der Waals surface area contributed by atoms with Gasteiger partial charge in [-0.25, -0.2) is 0 Å². The first-order valence-corrected chi connectivity index (χ1v) is 2.56.